The highest BCUT2D eigenvalue weighted by Gasteiger charge is 2.38. The second-order valence-electron chi connectivity index (χ2n) is 5.89. The van der Waals surface area contributed by atoms with Crippen LogP contribution >= 0.6 is 11.3 Å². The molecule has 1 aromatic rings. The summed E-state index contributed by atoms with van der Waals surface area (Å²) in [6.07, 6.45) is 5.81. The highest BCUT2D eigenvalue weighted by molar-refractivity contribution is 7.09. The first-order chi connectivity index (χ1) is 10.3. The zero-order valence-electron chi connectivity index (χ0n) is 12.3. The monoisotopic (exact) mass is 306 g/mol. The van der Waals surface area contributed by atoms with Crippen LogP contribution in [-0.2, 0) is 16.1 Å². The molecule has 114 valence electrons. The van der Waals surface area contributed by atoms with Crippen LogP contribution in [-0.4, -0.2) is 40.7 Å². The fourth-order valence-corrected chi connectivity index (χ4v) is 3.96. The molecule has 0 N–H and O–H groups in total. The van der Waals surface area contributed by atoms with Crippen LogP contribution in [0.2, 0.25) is 0 Å². The van der Waals surface area contributed by atoms with Crippen molar-refractivity contribution in [2.75, 3.05) is 13.1 Å². The van der Waals surface area contributed by atoms with E-state index < -0.39 is 0 Å². The SMILES string of the molecule is O=C(C1CCC(=O)N1Cc1cccs1)N1CCCCCC1. The van der Waals surface area contributed by atoms with E-state index in [1.165, 1.54) is 12.8 Å². The summed E-state index contributed by atoms with van der Waals surface area (Å²) in [5.41, 5.74) is 0. The van der Waals surface area contributed by atoms with Gasteiger partial charge in [-0.05, 0) is 30.7 Å². The average Bonchev–Trinajstić information content (AvgIpc) is 3.02. The van der Waals surface area contributed by atoms with E-state index in [1.54, 1.807) is 16.2 Å². The third kappa shape index (κ3) is 3.28. The first kappa shape index (κ1) is 14.6. The van der Waals surface area contributed by atoms with Gasteiger partial charge < -0.3 is 9.80 Å². The topological polar surface area (TPSA) is 40.6 Å². The Morgan fingerprint density at radius 1 is 1.24 bits per heavy atom. The fourth-order valence-electron chi connectivity index (χ4n) is 3.26. The van der Waals surface area contributed by atoms with Gasteiger partial charge in [0.2, 0.25) is 11.8 Å². The van der Waals surface area contributed by atoms with E-state index in [0.29, 0.717) is 19.4 Å². The van der Waals surface area contributed by atoms with Gasteiger partial charge in [0.1, 0.15) is 6.04 Å². The molecule has 2 fully saturated rings. The van der Waals surface area contributed by atoms with Gasteiger partial charge in [0, 0.05) is 24.4 Å². The van der Waals surface area contributed by atoms with Crippen LogP contribution < -0.4 is 0 Å². The maximum Gasteiger partial charge on any atom is 0.245 e. The second kappa shape index (κ2) is 6.60. The predicted molar refractivity (Wildman–Crippen MR) is 82.9 cm³/mol. The van der Waals surface area contributed by atoms with Crippen molar-refractivity contribution >= 4 is 23.2 Å². The van der Waals surface area contributed by atoms with Gasteiger partial charge in [0.15, 0.2) is 0 Å². The Morgan fingerprint density at radius 2 is 2.00 bits per heavy atom. The number of carbonyl (C=O) groups is 2. The van der Waals surface area contributed by atoms with Crippen LogP contribution in [0.15, 0.2) is 17.5 Å². The number of thiophene rings is 1. The second-order valence-corrected chi connectivity index (χ2v) is 6.93. The van der Waals surface area contributed by atoms with E-state index >= 15 is 0 Å². The number of hydrogen-bond donors (Lipinski definition) is 0. The number of hydrogen-bond acceptors (Lipinski definition) is 3. The number of likely N-dealkylation sites (tertiary alicyclic amines) is 2. The summed E-state index contributed by atoms with van der Waals surface area (Å²) in [4.78, 5) is 29.8. The predicted octanol–water partition coefficient (Wildman–Crippen LogP) is 2.64. The minimum Gasteiger partial charge on any atom is -0.341 e. The normalized spacial score (nSPS) is 23.4. The van der Waals surface area contributed by atoms with Crippen LogP contribution in [0.3, 0.4) is 0 Å². The van der Waals surface area contributed by atoms with Crippen molar-refractivity contribution in [1.29, 1.82) is 0 Å². The summed E-state index contributed by atoms with van der Waals surface area (Å²) >= 11 is 1.65. The molecular weight excluding hydrogens is 284 g/mol. The third-order valence-electron chi connectivity index (χ3n) is 4.44. The lowest BCUT2D eigenvalue weighted by Crippen LogP contribution is -2.46. The Balaban J connectivity index is 1.69. The zero-order valence-corrected chi connectivity index (χ0v) is 13.1. The fraction of sp³-hybridized carbons (Fsp3) is 0.625. The molecule has 2 saturated heterocycles. The molecule has 3 heterocycles. The molecule has 1 unspecified atom stereocenters. The molecule has 0 aliphatic carbocycles. The molecule has 0 radical (unpaired) electrons. The van der Waals surface area contributed by atoms with Crippen LogP contribution in [0.1, 0.15) is 43.4 Å². The number of nitrogens with zero attached hydrogens (tertiary/aromatic N) is 2. The molecular formula is C16H22N2O2S. The largest absolute Gasteiger partial charge is 0.341 e. The number of carbonyl (C=O) groups excluding carboxylic acids is 2. The van der Waals surface area contributed by atoms with E-state index in [1.807, 2.05) is 22.4 Å². The molecule has 1 aromatic heterocycles. The Hall–Kier alpha value is -1.36. The van der Waals surface area contributed by atoms with Crippen molar-refractivity contribution in [1.82, 2.24) is 9.80 Å². The van der Waals surface area contributed by atoms with Gasteiger partial charge in [-0.25, -0.2) is 0 Å². The quantitative estimate of drug-likeness (QED) is 0.861. The summed E-state index contributed by atoms with van der Waals surface area (Å²) in [6, 6.07) is 3.79. The molecule has 0 spiro atoms. The zero-order chi connectivity index (χ0) is 14.7. The van der Waals surface area contributed by atoms with Crippen molar-refractivity contribution in [2.45, 2.75) is 51.1 Å². The lowest BCUT2D eigenvalue weighted by atomic mass is 10.2. The first-order valence-electron chi connectivity index (χ1n) is 7.86. The summed E-state index contributed by atoms with van der Waals surface area (Å²) in [6.45, 7) is 2.30. The molecule has 4 nitrogen and oxygen atoms in total. The van der Waals surface area contributed by atoms with Gasteiger partial charge in [0.05, 0.1) is 6.54 Å². The lowest BCUT2D eigenvalue weighted by molar-refractivity contribution is -0.141. The molecule has 2 aliphatic rings. The highest BCUT2D eigenvalue weighted by atomic mass is 32.1. The van der Waals surface area contributed by atoms with Gasteiger partial charge in [-0.15, -0.1) is 11.3 Å². The Morgan fingerprint density at radius 3 is 2.67 bits per heavy atom. The van der Waals surface area contributed by atoms with E-state index in [-0.39, 0.29) is 17.9 Å². The minimum absolute atomic E-state index is 0.122. The van der Waals surface area contributed by atoms with E-state index in [2.05, 4.69) is 0 Å². The van der Waals surface area contributed by atoms with E-state index in [4.69, 9.17) is 0 Å². The van der Waals surface area contributed by atoms with Crippen LogP contribution in [0, 0.1) is 0 Å². The molecule has 2 aliphatic heterocycles. The lowest BCUT2D eigenvalue weighted by Gasteiger charge is -2.29. The molecule has 0 bridgehead atoms. The van der Waals surface area contributed by atoms with Gasteiger partial charge in [-0.2, -0.15) is 0 Å². The van der Waals surface area contributed by atoms with Gasteiger partial charge in [0.25, 0.3) is 0 Å². The van der Waals surface area contributed by atoms with Gasteiger partial charge in [-0.3, -0.25) is 9.59 Å². The van der Waals surface area contributed by atoms with Crippen molar-refractivity contribution < 1.29 is 9.59 Å². The Labute approximate surface area is 129 Å². The molecule has 0 aromatic carbocycles. The molecule has 1 atom stereocenters. The average molecular weight is 306 g/mol. The van der Waals surface area contributed by atoms with E-state index in [0.717, 1.165) is 30.8 Å². The standard InChI is InChI=1S/C16H22N2O2S/c19-15-8-7-14(18(15)12-13-6-5-11-21-13)16(20)17-9-3-1-2-4-10-17/h5-6,11,14H,1-4,7-10,12H2. The first-order valence-corrected chi connectivity index (χ1v) is 8.74. The molecule has 2 amide bonds. The smallest absolute Gasteiger partial charge is 0.245 e. The Kier molecular flexibility index (Phi) is 4.58. The van der Waals surface area contributed by atoms with Gasteiger partial charge in [-0.1, -0.05) is 18.9 Å². The minimum atomic E-state index is -0.238. The molecule has 21 heavy (non-hydrogen) atoms. The van der Waals surface area contributed by atoms with Crippen molar-refractivity contribution in [3.8, 4) is 0 Å². The highest BCUT2D eigenvalue weighted by Crippen LogP contribution is 2.25. The maximum atomic E-state index is 12.8. The molecule has 3 rings (SSSR count). The van der Waals surface area contributed by atoms with Crippen LogP contribution in [0.4, 0.5) is 0 Å². The maximum absolute atomic E-state index is 12.8. The number of amides is 2. The van der Waals surface area contributed by atoms with Crippen molar-refractivity contribution in [2.24, 2.45) is 0 Å². The third-order valence-corrected chi connectivity index (χ3v) is 5.30. The molecule has 5 heteroatoms. The summed E-state index contributed by atoms with van der Waals surface area (Å²) in [5, 5.41) is 2.02. The number of rotatable bonds is 3. The van der Waals surface area contributed by atoms with Crippen molar-refractivity contribution in [3.63, 3.8) is 0 Å². The molecule has 0 saturated carbocycles. The Bertz CT molecular complexity index is 492. The van der Waals surface area contributed by atoms with Crippen molar-refractivity contribution in [3.05, 3.63) is 22.4 Å². The van der Waals surface area contributed by atoms with Crippen LogP contribution in [0.5, 0.6) is 0 Å². The van der Waals surface area contributed by atoms with Gasteiger partial charge >= 0.3 is 0 Å². The van der Waals surface area contributed by atoms with Crippen LogP contribution in [0.25, 0.3) is 0 Å². The summed E-state index contributed by atoms with van der Waals surface area (Å²) < 4.78 is 0. The summed E-state index contributed by atoms with van der Waals surface area (Å²) in [7, 11) is 0. The van der Waals surface area contributed by atoms with E-state index in [9.17, 15) is 9.59 Å². The summed E-state index contributed by atoms with van der Waals surface area (Å²) in [5.74, 6) is 0.288.